The molecule has 3 aromatic rings. The minimum absolute atomic E-state index is 0.677. The molecule has 0 saturated heterocycles. The van der Waals surface area contributed by atoms with Crippen LogP contribution in [0.3, 0.4) is 0 Å². The van der Waals surface area contributed by atoms with E-state index in [0.29, 0.717) is 5.56 Å². The summed E-state index contributed by atoms with van der Waals surface area (Å²) in [5, 5.41) is 13.3. The summed E-state index contributed by atoms with van der Waals surface area (Å²) in [4.78, 5) is 6.19. The smallest absolute Gasteiger partial charge is 0.157 e. The highest BCUT2D eigenvalue weighted by atomic mass is 15.1. The fraction of sp³-hybridized carbons (Fsp3) is 0.400. The number of nitrogens with one attached hydrogen (secondary N) is 2. The third-order valence-corrected chi connectivity index (χ3v) is 4.73. The summed E-state index contributed by atoms with van der Waals surface area (Å²) >= 11 is 0. The van der Waals surface area contributed by atoms with Crippen molar-refractivity contribution in [3.63, 3.8) is 0 Å². The lowest BCUT2D eigenvalue weighted by atomic mass is 10.0. The molecule has 5 heteroatoms. The Morgan fingerprint density at radius 3 is 2.72 bits per heavy atom. The van der Waals surface area contributed by atoms with E-state index in [2.05, 4.69) is 42.9 Å². The highest BCUT2D eigenvalue weighted by molar-refractivity contribution is 5.86. The number of nitrogens with zero attached hydrogens (tertiary/aromatic N) is 3. The predicted octanol–water partition coefficient (Wildman–Crippen LogP) is 2.18. The molecule has 0 spiro atoms. The number of quaternary nitrogens is 1. The second-order valence-electron chi connectivity index (χ2n) is 6.79. The van der Waals surface area contributed by atoms with Gasteiger partial charge in [-0.15, -0.1) is 0 Å². The average molecular weight is 336 g/mol. The van der Waals surface area contributed by atoms with Gasteiger partial charge in [-0.25, -0.2) is 4.98 Å². The highest BCUT2D eigenvalue weighted by Crippen LogP contribution is 2.31. The van der Waals surface area contributed by atoms with Crippen LogP contribution in [0, 0.1) is 18.3 Å². The van der Waals surface area contributed by atoms with Crippen LogP contribution in [0.2, 0.25) is 0 Å². The molecule has 0 radical (unpaired) electrons. The number of aromatic nitrogens is 2. The number of anilines is 1. The van der Waals surface area contributed by atoms with Gasteiger partial charge in [0.2, 0.25) is 0 Å². The number of imidazole rings is 1. The van der Waals surface area contributed by atoms with E-state index in [-0.39, 0.29) is 0 Å². The van der Waals surface area contributed by atoms with Gasteiger partial charge in [0.1, 0.15) is 11.9 Å². The number of hydrogen-bond donors (Lipinski definition) is 2. The normalized spacial score (nSPS) is 11.4. The Morgan fingerprint density at radius 2 is 2.04 bits per heavy atom. The zero-order chi connectivity index (χ0) is 18.0. The van der Waals surface area contributed by atoms with E-state index in [1.807, 2.05) is 25.1 Å². The maximum Gasteiger partial charge on any atom is 0.157 e. The van der Waals surface area contributed by atoms with Gasteiger partial charge in [0.25, 0.3) is 0 Å². The first kappa shape index (κ1) is 17.2. The molecular weight excluding hydrogens is 310 g/mol. The number of fused-ring (bicyclic) bond motifs is 3. The minimum Gasteiger partial charge on any atom is -0.371 e. The molecule has 0 aliphatic carbocycles. The Bertz CT molecular complexity index is 946. The third kappa shape index (κ3) is 3.06. The first-order valence-corrected chi connectivity index (χ1v) is 8.94. The Labute approximate surface area is 148 Å². The number of hydrogen-bond acceptors (Lipinski definition) is 3. The fourth-order valence-corrected chi connectivity index (χ4v) is 3.45. The van der Waals surface area contributed by atoms with Gasteiger partial charge >= 0.3 is 0 Å². The van der Waals surface area contributed by atoms with Crippen LogP contribution in [0.5, 0.6) is 0 Å². The van der Waals surface area contributed by atoms with Crippen LogP contribution in [-0.4, -0.2) is 36.6 Å². The van der Waals surface area contributed by atoms with E-state index in [9.17, 15) is 5.26 Å². The molecule has 2 aromatic heterocycles. The number of benzene rings is 1. The van der Waals surface area contributed by atoms with E-state index >= 15 is 0 Å². The lowest BCUT2D eigenvalue weighted by Gasteiger charge is -2.18. The van der Waals surface area contributed by atoms with Crippen molar-refractivity contribution >= 4 is 22.5 Å². The molecule has 0 atom stereocenters. The van der Waals surface area contributed by atoms with Gasteiger partial charge < -0.3 is 10.2 Å². The van der Waals surface area contributed by atoms with Gasteiger partial charge in [-0.2, -0.15) is 5.26 Å². The molecule has 2 N–H and O–H groups in total. The van der Waals surface area contributed by atoms with Crippen molar-refractivity contribution in [2.45, 2.75) is 26.7 Å². The molecule has 0 aliphatic rings. The summed E-state index contributed by atoms with van der Waals surface area (Å²) in [5.41, 5.74) is 5.63. The van der Waals surface area contributed by atoms with Crippen molar-refractivity contribution in [1.29, 1.82) is 5.26 Å². The van der Waals surface area contributed by atoms with E-state index in [4.69, 9.17) is 4.98 Å². The molecule has 0 unspecified atom stereocenters. The lowest BCUT2D eigenvalue weighted by Crippen LogP contribution is -3.05. The van der Waals surface area contributed by atoms with E-state index in [1.165, 1.54) is 10.5 Å². The molecule has 0 bridgehead atoms. The molecule has 0 amide bonds. The Morgan fingerprint density at radius 1 is 1.28 bits per heavy atom. The van der Waals surface area contributed by atoms with Crippen molar-refractivity contribution in [3.05, 3.63) is 41.0 Å². The zero-order valence-corrected chi connectivity index (χ0v) is 15.5. The zero-order valence-electron chi connectivity index (χ0n) is 15.5. The number of pyridine rings is 1. The van der Waals surface area contributed by atoms with Crippen LogP contribution in [0.1, 0.15) is 30.0 Å². The molecule has 2 heterocycles. The topological polar surface area (TPSA) is 57.6 Å². The van der Waals surface area contributed by atoms with Crippen molar-refractivity contribution in [3.8, 4) is 6.07 Å². The molecule has 0 aliphatic heterocycles. The van der Waals surface area contributed by atoms with Crippen LogP contribution in [0.25, 0.3) is 16.7 Å². The van der Waals surface area contributed by atoms with Crippen LogP contribution in [0.15, 0.2) is 24.3 Å². The molecular formula is C20H26N5+. The van der Waals surface area contributed by atoms with Gasteiger partial charge in [-0.05, 0) is 36.6 Å². The molecule has 0 saturated carbocycles. The van der Waals surface area contributed by atoms with Crippen LogP contribution in [-0.2, 0) is 6.42 Å². The maximum atomic E-state index is 9.70. The number of nitriles is 1. The van der Waals surface area contributed by atoms with Gasteiger partial charge in [-0.3, -0.25) is 4.40 Å². The number of para-hydroxylation sites is 2. The van der Waals surface area contributed by atoms with Crippen LogP contribution >= 0.6 is 0 Å². The SMILES string of the molecule is CCc1c(C)c(C#N)c2nc3ccccc3n2c1NCCC[NH+](C)C. The third-order valence-electron chi connectivity index (χ3n) is 4.73. The van der Waals surface area contributed by atoms with E-state index in [1.54, 1.807) is 0 Å². The summed E-state index contributed by atoms with van der Waals surface area (Å²) in [6, 6.07) is 10.5. The summed E-state index contributed by atoms with van der Waals surface area (Å²) in [6.45, 7) is 6.21. The molecule has 25 heavy (non-hydrogen) atoms. The minimum atomic E-state index is 0.677. The standard InChI is InChI=1S/C20H25N5/c1-5-15-14(2)16(13-21)20-23-17-9-6-7-10-18(17)25(20)19(15)22-11-8-12-24(3)4/h6-7,9-10,22H,5,8,11-12H2,1-4H3/p+1. The first-order chi connectivity index (χ1) is 12.1. The lowest BCUT2D eigenvalue weighted by molar-refractivity contribution is -0.858. The van der Waals surface area contributed by atoms with Gasteiger partial charge in [-0.1, -0.05) is 19.1 Å². The summed E-state index contributed by atoms with van der Waals surface area (Å²) < 4.78 is 2.13. The summed E-state index contributed by atoms with van der Waals surface area (Å²) in [7, 11) is 4.34. The van der Waals surface area contributed by atoms with Crippen molar-refractivity contribution < 1.29 is 4.90 Å². The van der Waals surface area contributed by atoms with Crippen LogP contribution in [0.4, 0.5) is 5.82 Å². The van der Waals surface area contributed by atoms with Crippen molar-refractivity contribution in [2.75, 3.05) is 32.5 Å². The summed E-state index contributed by atoms with van der Waals surface area (Å²) in [6.07, 6.45) is 1.98. The van der Waals surface area contributed by atoms with Gasteiger partial charge in [0.15, 0.2) is 5.65 Å². The Kier molecular flexibility index (Phi) is 4.91. The highest BCUT2D eigenvalue weighted by Gasteiger charge is 2.19. The maximum absolute atomic E-state index is 9.70. The first-order valence-electron chi connectivity index (χ1n) is 8.94. The summed E-state index contributed by atoms with van der Waals surface area (Å²) in [5.74, 6) is 1.08. The molecule has 3 rings (SSSR count). The van der Waals surface area contributed by atoms with Gasteiger partial charge in [0.05, 0.1) is 37.2 Å². The fourth-order valence-electron chi connectivity index (χ4n) is 3.45. The van der Waals surface area contributed by atoms with Crippen molar-refractivity contribution in [1.82, 2.24) is 9.38 Å². The molecule has 0 fully saturated rings. The van der Waals surface area contributed by atoms with Crippen molar-refractivity contribution in [2.24, 2.45) is 0 Å². The second kappa shape index (κ2) is 7.12. The van der Waals surface area contributed by atoms with Gasteiger partial charge in [0, 0.05) is 13.0 Å². The Balaban J connectivity index is 2.20. The predicted molar refractivity (Wildman–Crippen MR) is 102 cm³/mol. The molecule has 130 valence electrons. The van der Waals surface area contributed by atoms with E-state index < -0.39 is 0 Å². The Hall–Kier alpha value is -2.58. The van der Waals surface area contributed by atoms with E-state index in [0.717, 1.165) is 54.0 Å². The molecule has 1 aromatic carbocycles. The molecule has 5 nitrogen and oxygen atoms in total. The largest absolute Gasteiger partial charge is 0.371 e. The second-order valence-corrected chi connectivity index (χ2v) is 6.79. The van der Waals surface area contributed by atoms with Crippen LogP contribution < -0.4 is 10.2 Å². The number of rotatable bonds is 6. The quantitative estimate of drug-likeness (QED) is 0.678. The average Bonchev–Trinajstić information content (AvgIpc) is 2.97. The monoisotopic (exact) mass is 336 g/mol.